The maximum Gasteiger partial charge on any atom is 0.295 e. The minimum atomic E-state index is -0.755. The molecular formula is C24H25Cl2NO5. The first-order chi connectivity index (χ1) is 15.2. The highest BCUT2D eigenvalue weighted by molar-refractivity contribution is 6.46. The van der Waals surface area contributed by atoms with E-state index in [9.17, 15) is 14.7 Å². The van der Waals surface area contributed by atoms with Crippen molar-refractivity contribution in [2.75, 3.05) is 20.3 Å². The molecule has 0 aliphatic carbocycles. The Balaban J connectivity index is 2.05. The Morgan fingerprint density at radius 2 is 1.78 bits per heavy atom. The molecule has 3 rings (SSSR count). The number of aliphatic hydroxyl groups excluding tert-OH is 1. The predicted octanol–water partition coefficient (Wildman–Crippen LogP) is 5.24. The molecule has 1 amide bonds. The maximum atomic E-state index is 13.0. The average molecular weight is 478 g/mol. The molecule has 0 aromatic heterocycles. The highest BCUT2D eigenvalue weighted by atomic mass is 35.5. The zero-order valence-corrected chi connectivity index (χ0v) is 19.6. The summed E-state index contributed by atoms with van der Waals surface area (Å²) in [4.78, 5) is 27.4. The number of halogens is 2. The second-order valence-electron chi connectivity index (χ2n) is 7.67. The number of carbonyl (C=O) groups excluding carboxylic acids is 2. The summed E-state index contributed by atoms with van der Waals surface area (Å²) in [5.41, 5.74) is 0.985. The number of amides is 1. The number of Topliss-reactive ketones (excluding diaryl/α,β-unsaturated/α-hetero) is 1. The Morgan fingerprint density at radius 1 is 1.09 bits per heavy atom. The lowest BCUT2D eigenvalue weighted by Gasteiger charge is -2.25. The SMILES string of the molecule is COc1ccc(C2/C(=C(/O)c3ccc(Cl)c(Cl)c3)C(=O)C(=O)N2CCCOC(C)C)cc1. The highest BCUT2D eigenvalue weighted by Crippen LogP contribution is 2.40. The smallest absolute Gasteiger partial charge is 0.295 e. The molecule has 1 atom stereocenters. The normalized spacial score (nSPS) is 17.9. The number of ether oxygens (including phenoxy) is 2. The van der Waals surface area contributed by atoms with Gasteiger partial charge >= 0.3 is 0 Å². The second kappa shape index (κ2) is 10.4. The quantitative estimate of drug-likeness (QED) is 0.243. The van der Waals surface area contributed by atoms with Crippen molar-refractivity contribution in [1.82, 2.24) is 4.90 Å². The van der Waals surface area contributed by atoms with Gasteiger partial charge < -0.3 is 19.5 Å². The molecule has 1 N–H and O–H groups in total. The minimum Gasteiger partial charge on any atom is -0.507 e. The summed E-state index contributed by atoms with van der Waals surface area (Å²) in [6.45, 7) is 4.61. The zero-order valence-electron chi connectivity index (χ0n) is 18.1. The lowest BCUT2D eigenvalue weighted by atomic mass is 9.95. The molecule has 1 unspecified atom stereocenters. The lowest BCUT2D eigenvalue weighted by molar-refractivity contribution is -0.140. The molecule has 0 bridgehead atoms. The van der Waals surface area contributed by atoms with Crippen molar-refractivity contribution in [3.05, 3.63) is 69.2 Å². The summed E-state index contributed by atoms with van der Waals surface area (Å²) in [5, 5.41) is 11.6. The lowest BCUT2D eigenvalue weighted by Crippen LogP contribution is -2.31. The monoisotopic (exact) mass is 477 g/mol. The van der Waals surface area contributed by atoms with Crippen LogP contribution in [-0.4, -0.2) is 48.1 Å². The minimum absolute atomic E-state index is 0.00309. The van der Waals surface area contributed by atoms with E-state index in [0.29, 0.717) is 41.5 Å². The van der Waals surface area contributed by atoms with E-state index in [-0.39, 0.29) is 22.5 Å². The first-order valence-corrected chi connectivity index (χ1v) is 11.0. The fourth-order valence-corrected chi connectivity index (χ4v) is 3.89. The van der Waals surface area contributed by atoms with Crippen LogP contribution < -0.4 is 4.74 Å². The molecule has 6 nitrogen and oxygen atoms in total. The van der Waals surface area contributed by atoms with Gasteiger partial charge in [0.15, 0.2) is 0 Å². The number of nitrogens with zero attached hydrogens (tertiary/aromatic N) is 1. The molecule has 1 aliphatic heterocycles. The van der Waals surface area contributed by atoms with Crippen LogP contribution in [0.4, 0.5) is 0 Å². The molecule has 0 spiro atoms. The molecule has 1 heterocycles. The Bertz CT molecular complexity index is 1030. The Labute approximate surface area is 197 Å². The van der Waals surface area contributed by atoms with Crippen LogP contribution in [-0.2, 0) is 14.3 Å². The van der Waals surface area contributed by atoms with Gasteiger partial charge in [0.1, 0.15) is 11.5 Å². The van der Waals surface area contributed by atoms with Gasteiger partial charge in [0.25, 0.3) is 11.7 Å². The van der Waals surface area contributed by atoms with Crippen molar-refractivity contribution in [1.29, 1.82) is 0 Å². The molecule has 1 aliphatic rings. The Hall–Kier alpha value is -2.54. The average Bonchev–Trinajstić information content (AvgIpc) is 3.02. The third kappa shape index (κ3) is 5.09. The van der Waals surface area contributed by atoms with Gasteiger partial charge in [-0.2, -0.15) is 0 Å². The van der Waals surface area contributed by atoms with Gasteiger partial charge in [-0.1, -0.05) is 35.3 Å². The maximum absolute atomic E-state index is 13.0. The van der Waals surface area contributed by atoms with Crippen molar-refractivity contribution >= 4 is 40.7 Å². The van der Waals surface area contributed by atoms with E-state index in [1.54, 1.807) is 37.4 Å². The van der Waals surface area contributed by atoms with Gasteiger partial charge in [0, 0.05) is 18.7 Å². The highest BCUT2D eigenvalue weighted by Gasteiger charge is 2.45. The molecule has 170 valence electrons. The van der Waals surface area contributed by atoms with Crippen LogP contribution in [0.15, 0.2) is 48.0 Å². The van der Waals surface area contributed by atoms with Crippen LogP contribution in [0, 0.1) is 0 Å². The summed E-state index contributed by atoms with van der Waals surface area (Å²) in [6, 6.07) is 10.8. The van der Waals surface area contributed by atoms with Crippen molar-refractivity contribution < 1.29 is 24.2 Å². The summed E-state index contributed by atoms with van der Waals surface area (Å²) in [7, 11) is 1.56. The number of rotatable bonds is 8. The van der Waals surface area contributed by atoms with E-state index in [2.05, 4.69) is 0 Å². The third-order valence-electron chi connectivity index (χ3n) is 5.16. The predicted molar refractivity (Wildman–Crippen MR) is 124 cm³/mol. The van der Waals surface area contributed by atoms with Crippen molar-refractivity contribution in [3.63, 3.8) is 0 Å². The van der Waals surface area contributed by atoms with E-state index in [0.717, 1.165) is 0 Å². The summed E-state index contributed by atoms with van der Waals surface area (Å²) >= 11 is 12.1. The van der Waals surface area contributed by atoms with E-state index in [4.69, 9.17) is 32.7 Å². The van der Waals surface area contributed by atoms with Crippen LogP contribution >= 0.6 is 23.2 Å². The van der Waals surface area contributed by atoms with Gasteiger partial charge in [0.05, 0.1) is 34.9 Å². The number of hydrogen-bond acceptors (Lipinski definition) is 5. The van der Waals surface area contributed by atoms with Crippen molar-refractivity contribution in [2.45, 2.75) is 32.4 Å². The topological polar surface area (TPSA) is 76.1 Å². The van der Waals surface area contributed by atoms with Gasteiger partial charge in [-0.25, -0.2) is 0 Å². The van der Waals surface area contributed by atoms with Crippen LogP contribution in [0.3, 0.4) is 0 Å². The third-order valence-corrected chi connectivity index (χ3v) is 5.90. The van der Waals surface area contributed by atoms with Crippen LogP contribution in [0.2, 0.25) is 10.0 Å². The molecule has 0 saturated carbocycles. The summed E-state index contributed by atoms with van der Waals surface area (Å²) in [5.74, 6) is -1.08. The van der Waals surface area contributed by atoms with Gasteiger partial charge in [0.2, 0.25) is 0 Å². The largest absolute Gasteiger partial charge is 0.507 e. The number of likely N-dealkylation sites (tertiary alicyclic amines) is 1. The molecule has 0 radical (unpaired) electrons. The molecule has 1 fully saturated rings. The standard InChI is InChI=1S/C24H25Cl2NO5/c1-14(2)32-12-4-11-27-21(15-5-8-17(31-3)9-6-15)20(23(29)24(27)30)22(28)16-7-10-18(25)19(26)13-16/h5-10,13-14,21,28H,4,11-12H2,1-3H3/b22-20-. The van der Waals surface area contributed by atoms with Crippen LogP contribution in [0.5, 0.6) is 5.75 Å². The fourth-order valence-electron chi connectivity index (χ4n) is 3.60. The van der Waals surface area contributed by atoms with Gasteiger partial charge in [-0.15, -0.1) is 0 Å². The number of carbonyl (C=O) groups is 2. The first kappa shape index (κ1) is 24.1. The van der Waals surface area contributed by atoms with E-state index in [1.807, 2.05) is 13.8 Å². The van der Waals surface area contributed by atoms with Gasteiger partial charge in [-0.05, 0) is 56.2 Å². The molecule has 1 saturated heterocycles. The second-order valence-corrected chi connectivity index (χ2v) is 8.48. The summed E-state index contributed by atoms with van der Waals surface area (Å²) < 4.78 is 10.8. The van der Waals surface area contributed by atoms with Gasteiger partial charge in [-0.3, -0.25) is 9.59 Å². The van der Waals surface area contributed by atoms with Crippen molar-refractivity contribution in [2.24, 2.45) is 0 Å². The molecular weight excluding hydrogens is 453 g/mol. The number of hydrogen-bond donors (Lipinski definition) is 1. The number of ketones is 1. The Morgan fingerprint density at radius 3 is 2.38 bits per heavy atom. The molecule has 2 aromatic carbocycles. The summed E-state index contributed by atoms with van der Waals surface area (Å²) in [6.07, 6.45) is 0.613. The van der Waals surface area contributed by atoms with E-state index in [1.165, 1.54) is 17.0 Å². The van der Waals surface area contributed by atoms with Crippen LogP contribution in [0.25, 0.3) is 5.76 Å². The number of methoxy groups -OCH3 is 1. The zero-order chi connectivity index (χ0) is 23.4. The first-order valence-electron chi connectivity index (χ1n) is 10.2. The Kier molecular flexibility index (Phi) is 7.82. The number of aliphatic hydroxyl groups is 1. The van der Waals surface area contributed by atoms with Crippen molar-refractivity contribution in [3.8, 4) is 5.75 Å². The van der Waals surface area contributed by atoms with Crippen LogP contribution in [0.1, 0.15) is 37.4 Å². The molecule has 32 heavy (non-hydrogen) atoms. The van der Waals surface area contributed by atoms with E-state index >= 15 is 0 Å². The fraction of sp³-hybridized carbons (Fsp3) is 0.333. The molecule has 2 aromatic rings. The van der Waals surface area contributed by atoms with E-state index < -0.39 is 17.7 Å². The molecule has 8 heteroatoms. The number of benzene rings is 2.